The molecule has 2 aromatic rings. The van der Waals surface area contributed by atoms with Gasteiger partial charge in [-0.25, -0.2) is 0 Å². The number of benzene rings is 1. The summed E-state index contributed by atoms with van der Waals surface area (Å²) in [7, 11) is 0. The molecule has 1 atom stereocenters. The Morgan fingerprint density at radius 2 is 2.30 bits per heavy atom. The fourth-order valence-corrected chi connectivity index (χ4v) is 3.30. The smallest absolute Gasteiger partial charge is 0.273 e. The Hall–Kier alpha value is -2.41. The number of hydrogen-bond donors (Lipinski definition) is 3. The van der Waals surface area contributed by atoms with Crippen molar-refractivity contribution < 1.29 is 14.6 Å². The third-order valence-corrected chi connectivity index (χ3v) is 4.63. The van der Waals surface area contributed by atoms with Gasteiger partial charge in [0.05, 0.1) is 24.9 Å². The van der Waals surface area contributed by atoms with Gasteiger partial charge < -0.3 is 15.2 Å². The van der Waals surface area contributed by atoms with Crippen LogP contribution in [0.1, 0.15) is 40.5 Å². The van der Waals surface area contributed by atoms with Gasteiger partial charge in [0.2, 0.25) is 0 Å². The normalized spacial score (nSPS) is 23.5. The summed E-state index contributed by atoms with van der Waals surface area (Å²) in [6, 6.07) is 5.90. The maximum absolute atomic E-state index is 12.3. The molecule has 120 valence electrons. The van der Waals surface area contributed by atoms with Crippen molar-refractivity contribution >= 4 is 5.91 Å². The fourth-order valence-electron chi connectivity index (χ4n) is 3.30. The molecule has 7 heteroatoms. The molecule has 1 amide bonds. The molecule has 1 aliphatic heterocycles. The zero-order valence-electron chi connectivity index (χ0n) is 12.5. The molecule has 7 nitrogen and oxygen atoms in total. The van der Waals surface area contributed by atoms with Crippen molar-refractivity contribution in [2.75, 3.05) is 6.61 Å². The average molecular weight is 314 g/mol. The van der Waals surface area contributed by atoms with Gasteiger partial charge in [-0.15, -0.1) is 0 Å². The van der Waals surface area contributed by atoms with Gasteiger partial charge in [-0.05, 0) is 42.0 Å². The largest absolute Gasteiger partial charge is 0.493 e. The summed E-state index contributed by atoms with van der Waals surface area (Å²) in [5, 5.41) is 22.6. The van der Waals surface area contributed by atoms with Crippen molar-refractivity contribution in [3.8, 4) is 5.75 Å². The monoisotopic (exact) mass is 314 g/mol. The number of H-pyrrole nitrogens is 1. The number of carbonyl (C=O) groups excluding carboxylic acids is 1. The quantitative estimate of drug-likeness (QED) is 0.781. The van der Waals surface area contributed by atoms with E-state index in [4.69, 9.17) is 4.74 Å². The van der Waals surface area contributed by atoms with Crippen molar-refractivity contribution in [3.63, 3.8) is 0 Å². The summed E-state index contributed by atoms with van der Waals surface area (Å²) >= 11 is 0. The van der Waals surface area contributed by atoms with Crippen LogP contribution in [0.5, 0.6) is 5.75 Å². The lowest BCUT2D eigenvalue weighted by Crippen LogP contribution is -2.41. The zero-order chi connectivity index (χ0) is 15.8. The Labute approximate surface area is 133 Å². The number of aliphatic hydroxyl groups excluding tert-OH is 1. The van der Waals surface area contributed by atoms with Crippen LogP contribution < -0.4 is 10.1 Å². The molecule has 1 saturated carbocycles. The summed E-state index contributed by atoms with van der Waals surface area (Å²) in [6.07, 6.45) is 3.40. The van der Waals surface area contributed by atoms with Gasteiger partial charge in [0.1, 0.15) is 5.75 Å². The molecule has 1 fully saturated rings. The minimum atomic E-state index is -0.274. The molecule has 2 aliphatic rings. The number of carbonyl (C=O) groups is 1. The number of fused-ring (bicyclic) bond motifs is 1. The van der Waals surface area contributed by atoms with Crippen LogP contribution in [-0.2, 0) is 6.42 Å². The SMILES string of the molecule is O=C(N[C@@H](c1ccc2c(c1)CCO2)C1CC(O)C1)c1cn[nH]n1. The van der Waals surface area contributed by atoms with Gasteiger partial charge in [-0.2, -0.15) is 15.4 Å². The van der Waals surface area contributed by atoms with Crippen molar-refractivity contribution in [2.45, 2.75) is 31.4 Å². The number of ether oxygens (including phenoxy) is 1. The van der Waals surface area contributed by atoms with Gasteiger partial charge in [0.25, 0.3) is 5.91 Å². The Morgan fingerprint density at radius 1 is 1.43 bits per heavy atom. The summed E-state index contributed by atoms with van der Waals surface area (Å²) in [5.74, 6) is 0.882. The van der Waals surface area contributed by atoms with E-state index in [1.807, 2.05) is 12.1 Å². The molecule has 0 saturated heterocycles. The molecular weight excluding hydrogens is 296 g/mol. The van der Waals surface area contributed by atoms with Crippen molar-refractivity contribution in [3.05, 3.63) is 41.2 Å². The highest BCUT2D eigenvalue weighted by Gasteiger charge is 2.36. The number of nitrogens with one attached hydrogen (secondary N) is 2. The fraction of sp³-hybridized carbons (Fsp3) is 0.438. The molecule has 1 aromatic carbocycles. The summed E-state index contributed by atoms with van der Waals surface area (Å²) in [6.45, 7) is 0.705. The highest BCUT2D eigenvalue weighted by Crippen LogP contribution is 2.39. The highest BCUT2D eigenvalue weighted by atomic mass is 16.5. The van der Waals surface area contributed by atoms with Crippen LogP contribution in [0.3, 0.4) is 0 Å². The lowest BCUT2D eigenvalue weighted by atomic mass is 9.75. The number of nitrogens with zero attached hydrogens (tertiary/aromatic N) is 2. The summed E-state index contributed by atoms with van der Waals surface area (Å²) < 4.78 is 5.54. The van der Waals surface area contributed by atoms with E-state index in [1.54, 1.807) is 0 Å². The Kier molecular flexibility index (Phi) is 3.49. The average Bonchev–Trinajstić information content (AvgIpc) is 3.19. The van der Waals surface area contributed by atoms with Crippen LogP contribution in [0.4, 0.5) is 0 Å². The maximum atomic E-state index is 12.3. The van der Waals surface area contributed by atoms with Gasteiger partial charge in [0, 0.05) is 6.42 Å². The first-order valence-electron chi connectivity index (χ1n) is 7.81. The maximum Gasteiger partial charge on any atom is 0.273 e. The van der Waals surface area contributed by atoms with Crippen LogP contribution >= 0.6 is 0 Å². The highest BCUT2D eigenvalue weighted by molar-refractivity contribution is 5.92. The van der Waals surface area contributed by atoms with Crippen LogP contribution in [0.15, 0.2) is 24.4 Å². The molecule has 1 aliphatic carbocycles. The van der Waals surface area contributed by atoms with E-state index < -0.39 is 0 Å². The zero-order valence-corrected chi connectivity index (χ0v) is 12.5. The van der Waals surface area contributed by atoms with Gasteiger partial charge in [0.15, 0.2) is 5.69 Å². The number of aromatic amines is 1. The lowest BCUT2D eigenvalue weighted by molar-refractivity contribution is 0.0234. The first-order chi connectivity index (χ1) is 11.2. The number of amides is 1. The van der Waals surface area contributed by atoms with Crippen LogP contribution in [0.2, 0.25) is 0 Å². The number of aliphatic hydroxyl groups is 1. The standard InChI is InChI=1S/C16H18N4O3/c21-12-6-11(7-12)15(18-16(22)13-8-17-20-19-13)10-1-2-14-9(5-10)3-4-23-14/h1-2,5,8,11-12,15,21H,3-4,6-7H2,(H,18,22)(H,17,19,20)/t11?,12?,15-/m0/s1. The predicted octanol–water partition coefficient (Wildman–Crippen LogP) is 0.982. The van der Waals surface area contributed by atoms with Crippen molar-refractivity contribution in [1.29, 1.82) is 0 Å². The third kappa shape index (κ3) is 2.68. The Bertz CT molecular complexity index is 710. The topological polar surface area (TPSA) is 100 Å². The first-order valence-corrected chi connectivity index (χ1v) is 7.81. The Morgan fingerprint density at radius 3 is 3.04 bits per heavy atom. The van der Waals surface area contributed by atoms with E-state index in [9.17, 15) is 9.90 Å². The molecule has 4 rings (SSSR count). The van der Waals surface area contributed by atoms with Crippen LogP contribution in [-0.4, -0.2) is 39.1 Å². The minimum absolute atomic E-state index is 0.145. The molecule has 3 N–H and O–H groups in total. The third-order valence-electron chi connectivity index (χ3n) is 4.63. The van der Waals surface area contributed by atoms with Crippen LogP contribution in [0.25, 0.3) is 0 Å². The van der Waals surface area contributed by atoms with E-state index in [-0.39, 0.29) is 29.7 Å². The van der Waals surface area contributed by atoms with Gasteiger partial charge >= 0.3 is 0 Å². The first kappa shape index (κ1) is 14.2. The van der Waals surface area contributed by atoms with Crippen molar-refractivity contribution in [2.24, 2.45) is 5.92 Å². The second-order valence-corrected chi connectivity index (χ2v) is 6.16. The molecule has 2 heterocycles. The number of rotatable bonds is 4. The Balaban J connectivity index is 1.59. The molecular formula is C16H18N4O3. The second-order valence-electron chi connectivity index (χ2n) is 6.16. The number of aromatic nitrogens is 3. The van der Waals surface area contributed by atoms with E-state index >= 15 is 0 Å². The van der Waals surface area contributed by atoms with Crippen molar-refractivity contribution in [1.82, 2.24) is 20.7 Å². The van der Waals surface area contributed by atoms with Crippen LogP contribution in [0, 0.1) is 5.92 Å². The van der Waals surface area contributed by atoms with E-state index in [1.165, 1.54) is 11.8 Å². The molecule has 0 radical (unpaired) electrons. The second kappa shape index (κ2) is 5.66. The number of hydrogen-bond acceptors (Lipinski definition) is 5. The van der Waals surface area contributed by atoms with E-state index in [2.05, 4.69) is 26.8 Å². The van der Waals surface area contributed by atoms with E-state index in [0.717, 1.165) is 17.7 Å². The molecule has 0 unspecified atom stereocenters. The minimum Gasteiger partial charge on any atom is -0.493 e. The molecule has 0 spiro atoms. The molecule has 1 aromatic heterocycles. The lowest BCUT2D eigenvalue weighted by Gasteiger charge is -2.38. The predicted molar refractivity (Wildman–Crippen MR) is 81.0 cm³/mol. The summed E-state index contributed by atoms with van der Waals surface area (Å²) in [4.78, 5) is 12.3. The molecule has 23 heavy (non-hydrogen) atoms. The molecule has 0 bridgehead atoms. The van der Waals surface area contributed by atoms with E-state index in [0.29, 0.717) is 19.4 Å². The summed E-state index contributed by atoms with van der Waals surface area (Å²) in [5.41, 5.74) is 2.48. The van der Waals surface area contributed by atoms with Gasteiger partial charge in [-0.1, -0.05) is 6.07 Å². The van der Waals surface area contributed by atoms with Gasteiger partial charge in [-0.3, -0.25) is 4.79 Å².